The smallest absolute Gasteiger partial charge is 0.256 e. The number of fused-ring (bicyclic) bond motifs is 1. The Labute approximate surface area is 112 Å². The zero-order valence-corrected chi connectivity index (χ0v) is 10.5. The first-order chi connectivity index (χ1) is 9.22. The van der Waals surface area contributed by atoms with Crippen molar-refractivity contribution in [2.24, 2.45) is 0 Å². The number of aromatic nitrogens is 3. The summed E-state index contributed by atoms with van der Waals surface area (Å²) in [5.41, 5.74) is 6.95. The summed E-state index contributed by atoms with van der Waals surface area (Å²) in [6.07, 6.45) is 1.54. The van der Waals surface area contributed by atoms with Crippen LogP contribution in [0.1, 0.15) is 10.4 Å². The van der Waals surface area contributed by atoms with Gasteiger partial charge in [-0.15, -0.1) is 5.10 Å². The van der Waals surface area contributed by atoms with Crippen molar-refractivity contribution in [2.75, 3.05) is 11.1 Å². The van der Waals surface area contributed by atoms with E-state index in [-0.39, 0.29) is 5.91 Å². The van der Waals surface area contributed by atoms with Crippen LogP contribution in [0.2, 0.25) is 0 Å². The number of benzene rings is 1. The molecule has 3 aromatic rings. The minimum absolute atomic E-state index is 0.241. The number of amides is 1. The van der Waals surface area contributed by atoms with Crippen LogP contribution in [0.5, 0.6) is 0 Å². The van der Waals surface area contributed by atoms with Gasteiger partial charge in [0.2, 0.25) is 0 Å². The first-order valence-corrected chi connectivity index (χ1v) is 6.29. The van der Waals surface area contributed by atoms with Gasteiger partial charge in [0, 0.05) is 11.8 Å². The molecular formula is C12H9N5OS. The molecule has 7 heteroatoms. The SMILES string of the molecule is Nc1nc2ccc(C(=O)Nc3cccnn3)cc2s1. The normalized spacial score (nSPS) is 10.5. The van der Waals surface area contributed by atoms with E-state index < -0.39 is 0 Å². The van der Waals surface area contributed by atoms with Crippen LogP contribution in [0.15, 0.2) is 36.5 Å². The van der Waals surface area contributed by atoms with Crippen molar-refractivity contribution in [2.45, 2.75) is 0 Å². The third kappa shape index (κ3) is 2.36. The van der Waals surface area contributed by atoms with E-state index in [1.54, 1.807) is 36.5 Å². The molecule has 19 heavy (non-hydrogen) atoms. The first-order valence-electron chi connectivity index (χ1n) is 5.47. The molecule has 94 valence electrons. The number of hydrogen-bond donors (Lipinski definition) is 2. The van der Waals surface area contributed by atoms with Crippen LogP contribution in [0.4, 0.5) is 10.9 Å². The molecule has 0 bridgehead atoms. The summed E-state index contributed by atoms with van der Waals surface area (Å²) in [7, 11) is 0. The fourth-order valence-corrected chi connectivity index (χ4v) is 2.41. The molecular weight excluding hydrogens is 262 g/mol. The second-order valence-electron chi connectivity index (χ2n) is 3.80. The number of nitrogens with zero attached hydrogens (tertiary/aromatic N) is 3. The average Bonchev–Trinajstić information content (AvgIpc) is 2.78. The maximum Gasteiger partial charge on any atom is 0.256 e. The number of nitrogen functional groups attached to an aromatic ring is 1. The molecule has 0 radical (unpaired) electrons. The van der Waals surface area contributed by atoms with Gasteiger partial charge in [-0.1, -0.05) is 11.3 Å². The predicted molar refractivity (Wildman–Crippen MR) is 74.0 cm³/mol. The van der Waals surface area contributed by atoms with E-state index in [4.69, 9.17) is 5.73 Å². The van der Waals surface area contributed by atoms with Gasteiger partial charge in [0.25, 0.3) is 5.91 Å². The number of anilines is 2. The van der Waals surface area contributed by atoms with Gasteiger partial charge in [0.05, 0.1) is 10.2 Å². The number of thiazole rings is 1. The lowest BCUT2D eigenvalue weighted by molar-refractivity contribution is 0.102. The lowest BCUT2D eigenvalue weighted by Gasteiger charge is -2.02. The molecule has 0 spiro atoms. The van der Waals surface area contributed by atoms with E-state index in [1.807, 2.05) is 0 Å². The van der Waals surface area contributed by atoms with E-state index in [0.29, 0.717) is 16.5 Å². The Morgan fingerprint density at radius 1 is 1.32 bits per heavy atom. The molecule has 0 saturated heterocycles. The highest BCUT2D eigenvalue weighted by atomic mass is 32.1. The Hall–Kier alpha value is -2.54. The van der Waals surface area contributed by atoms with Crippen LogP contribution in [-0.4, -0.2) is 21.1 Å². The summed E-state index contributed by atoms with van der Waals surface area (Å²) in [6.45, 7) is 0. The van der Waals surface area contributed by atoms with E-state index in [1.165, 1.54) is 11.3 Å². The number of nitrogens with two attached hydrogens (primary N) is 1. The summed E-state index contributed by atoms with van der Waals surface area (Å²) < 4.78 is 0.879. The fraction of sp³-hybridized carbons (Fsp3) is 0. The standard InChI is InChI=1S/C12H9N5OS/c13-12-15-8-4-3-7(6-9(8)19-12)11(18)16-10-2-1-5-14-17-10/h1-6H,(H2,13,15)(H,16,17,18). The number of nitrogens with one attached hydrogen (secondary N) is 1. The minimum Gasteiger partial charge on any atom is -0.375 e. The summed E-state index contributed by atoms with van der Waals surface area (Å²) >= 11 is 1.35. The van der Waals surface area contributed by atoms with Crippen LogP contribution >= 0.6 is 11.3 Å². The largest absolute Gasteiger partial charge is 0.375 e. The van der Waals surface area contributed by atoms with Gasteiger partial charge in [0.1, 0.15) is 0 Å². The van der Waals surface area contributed by atoms with Crippen molar-refractivity contribution in [3.05, 3.63) is 42.1 Å². The summed E-state index contributed by atoms with van der Waals surface area (Å²) in [5.74, 6) is 0.172. The van der Waals surface area contributed by atoms with Crippen LogP contribution in [0.3, 0.4) is 0 Å². The Morgan fingerprint density at radius 3 is 3.00 bits per heavy atom. The summed E-state index contributed by atoms with van der Waals surface area (Å²) in [6, 6.07) is 8.61. The van der Waals surface area contributed by atoms with Crippen LogP contribution in [0, 0.1) is 0 Å². The highest BCUT2D eigenvalue weighted by Crippen LogP contribution is 2.24. The molecule has 0 saturated carbocycles. The predicted octanol–water partition coefficient (Wildman–Crippen LogP) is 1.92. The second-order valence-corrected chi connectivity index (χ2v) is 4.86. The Balaban J connectivity index is 1.89. The Morgan fingerprint density at radius 2 is 2.21 bits per heavy atom. The molecule has 0 aliphatic heterocycles. The van der Waals surface area contributed by atoms with Gasteiger partial charge in [-0.05, 0) is 30.3 Å². The van der Waals surface area contributed by atoms with Gasteiger partial charge >= 0.3 is 0 Å². The van der Waals surface area contributed by atoms with Crippen LogP contribution < -0.4 is 11.1 Å². The van der Waals surface area contributed by atoms with E-state index in [0.717, 1.165) is 10.2 Å². The quantitative estimate of drug-likeness (QED) is 0.742. The number of rotatable bonds is 2. The third-order valence-corrected chi connectivity index (χ3v) is 3.33. The van der Waals surface area contributed by atoms with Gasteiger partial charge < -0.3 is 11.1 Å². The molecule has 0 fully saturated rings. The minimum atomic E-state index is -0.241. The van der Waals surface area contributed by atoms with E-state index in [9.17, 15) is 4.79 Å². The maximum absolute atomic E-state index is 12.0. The van der Waals surface area contributed by atoms with Gasteiger partial charge in [-0.25, -0.2) is 4.98 Å². The van der Waals surface area contributed by atoms with Gasteiger partial charge in [0.15, 0.2) is 10.9 Å². The number of hydrogen-bond acceptors (Lipinski definition) is 6. The van der Waals surface area contributed by atoms with Crippen molar-refractivity contribution in [3.63, 3.8) is 0 Å². The highest BCUT2D eigenvalue weighted by molar-refractivity contribution is 7.22. The monoisotopic (exact) mass is 271 g/mol. The molecule has 0 aliphatic carbocycles. The molecule has 2 heterocycles. The molecule has 3 N–H and O–H groups in total. The van der Waals surface area contributed by atoms with Gasteiger partial charge in [-0.2, -0.15) is 5.10 Å². The lowest BCUT2D eigenvalue weighted by atomic mass is 10.2. The second kappa shape index (κ2) is 4.62. The van der Waals surface area contributed by atoms with Crippen molar-refractivity contribution < 1.29 is 4.79 Å². The molecule has 6 nitrogen and oxygen atoms in total. The van der Waals surface area contributed by atoms with Crippen LogP contribution in [-0.2, 0) is 0 Å². The highest BCUT2D eigenvalue weighted by Gasteiger charge is 2.09. The van der Waals surface area contributed by atoms with Gasteiger partial charge in [-0.3, -0.25) is 4.79 Å². The molecule has 0 aliphatic rings. The molecule has 2 aromatic heterocycles. The summed E-state index contributed by atoms with van der Waals surface area (Å²) in [4.78, 5) is 16.2. The fourth-order valence-electron chi connectivity index (χ4n) is 1.64. The van der Waals surface area contributed by atoms with Crippen molar-refractivity contribution in [1.82, 2.24) is 15.2 Å². The van der Waals surface area contributed by atoms with Crippen LogP contribution in [0.25, 0.3) is 10.2 Å². The molecule has 3 rings (SSSR count). The zero-order valence-electron chi connectivity index (χ0n) is 9.70. The average molecular weight is 271 g/mol. The maximum atomic E-state index is 12.0. The topological polar surface area (TPSA) is 93.8 Å². The Bertz CT molecular complexity index is 740. The number of carbonyl (C=O) groups is 1. The first kappa shape index (κ1) is 11.5. The third-order valence-electron chi connectivity index (χ3n) is 2.48. The van der Waals surface area contributed by atoms with Crippen molar-refractivity contribution in [1.29, 1.82) is 0 Å². The molecule has 1 amide bonds. The Kier molecular flexibility index (Phi) is 2.81. The molecule has 0 unspecified atom stereocenters. The molecule has 0 atom stereocenters. The van der Waals surface area contributed by atoms with E-state index >= 15 is 0 Å². The zero-order chi connectivity index (χ0) is 13.2. The molecule has 1 aromatic carbocycles. The van der Waals surface area contributed by atoms with Crippen molar-refractivity contribution >= 4 is 38.4 Å². The lowest BCUT2D eigenvalue weighted by Crippen LogP contribution is -2.12. The summed E-state index contributed by atoms with van der Waals surface area (Å²) in [5, 5.41) is 10.7. The van der Waals surface area contributed by atoms with E-state index in [2.05, 4.69) is 20.5 Å². The van der Waals surface area contributed by atoms with Crippen molar-refractivity contribution in [3.8, 4) is 0 Å². The number of carbonyl (C=O) groups excluding carboxylic acids is 1.